The third-order valence-electron chi connectivity index (χ3n) is 2.72. The number of rotatable bonds is 2. The molecule has 94 valence electrons. The first-order chi connectivity index (χ1) is 8.76. The second-order valence-corrected chi connectivity index (χ2v) is 3.63. The molecule has 3 rings (SSSR count). The standard InChI is InChI=1S/C12H10O6/c1-14-8-6-3-4-7(13)18-9(6)10(15-2)12-11(8)16-5-17-12/h3-4H,5H2,1-2H3. The van der Waals surface area contributed by atoms with Crippen molar-refractivity contribution in [2.75, 3.05) is 21.0 Å². The summed E-state index contributed by atoms with van der Waals surface area (Å²) in [6.07, 6.45) is 0. The van der Waals surface area contributed by atoms with Crippen molar-refractivity contribution >= 4 is 11.0 Å². The Labute approximate surface area is 102 Å². The van der Waals surface area contributed by atoms with Crippen molar-refractivity contribution in [1.29, 1.82) is 0 Å². The molecule has 0 amide bonds. The Morgan fingerprint density at radius 1 is 1.06 bits per heavy atom. The number of hydrogen-bond acceptors (Lipinski definition) is 6. The van der Waals surface area contributed by atoms with Crippen LogP contribution in [0.2, 0.25) is 0 Å². The summed E-state index contributed by atoms with van der Waals surface area (Å²) < 4.78 is 26.4. The van der Waals surface area contributed by atoms with Gasteiger partial charge in [0.25, 0.3) is 0 Å². The zero-order chi connectivity index (χ0) is 12.7. The third kappa shape index (κ3) is 1.32. The van der Waals surface area contributed by atoms with E-state index in [1.54, 1.807) is 6.07 Å². The van der Waals surface area contributed by atoms with E-state index >= 15 is 0 Å². The van der Waals surface area contributed by atoms with Crippen LogP contribution in [0.1, 0.15) is 0 Å². The maximum atomic E-state index is 11.3. The molecule has 0 radical (unpaired) electrons. The van der Waals surface area contributed by atoms with E-state index in [0.717, 1.165) is 0 Å². The van der Waals surface area contributed by atoms with Gasteiger partial charge in [-0.05, 0) is 6.07 Å². The molecule has 0 saturated heterocycles. The van der Waals surface area contributed by atoms with E-state index < -0.39 is 5.63 Å². The first-order valence-electron chi connectivity index (χ1n) is 5.23. The molecule has 1 aliphatic rings. The fourth-order valence-electron chi connectivity index (χ4n) is 1.99. The fraction of sp³-hybridized carbons (Fsp3) is 0.250. The van der Waals surface area contributed by atoms with Crippen molar-refractivity contribution in [1.82, 2.24) is 0 Å². The van der Waals surface area contributed by atoms with Gasteiger partial charge in [-0.1, -0.05) is 0 Å². The summed E-state index contributed by atoms with van der Waals surface area (Å²) in [5.74, 6) is 1.63. The van der Waals surface area contributed by atoms with E-state index in [1.165, 1.54) is 20.3 Å². The first-order valence-corrected chi connectivity index (χ1v) is 5.23. The molecule has 0 aliphatic carbocycles. The van der Waals surface area contributed by atoms with Crippen molar-refractivity contribution in [3.05, 3.63) is 22.6 Å². The average molecular weight is 250 g/mol. The molecule has 0 bridgehead atoms. The molecule has 0 N–H and O–H groups in total. The highest BCUT2D eigenvalue weighted by Gasteiger charge is 2.29. The van der Waals surface area contributed by atoms with Crippen LogP contribution in [0.15, 0.2) is 21.3 Å². The average Bonchev–Trinajstić information content (AvgIpc) is 2.84. The topological polar surface area (TPSA) is 67.1 Å². The summed E-state index contributed by atoms with van der Waals surface area (Å²) in [6, 6.07) is 2.91. The molecule has 1 aromatic carbocycles. The van der Waals surface area contributed by atoms with E-state index in [1.807, 2.05) is 0 Å². The van der Waals surface area contributed by atoms with Gasteiger partial charge in [-0.2, -0.15) is 0 Å². The Bertz CT molecular complexity index is 672. The highest BCUT2D eigenvalue weighted by atomic mass is 16.7. The fourth-order valence-corrected chi connectivity index (χ4v) is 1.99. The SMILES string of the molecule is COc1c2c(c(OC)c3oc(=O)ccc13)OCO2. The van der Waals surface area contributed by atoms with Crippen LogP contribution >= 0.6 is 0 Å². The van der Waals surface area contributed by atoms with Crippen LogP contribution < -0.4 is 24.6 Å². The van der Waals surface area contributed by atoms with Crippen LogP contribution in [0.5, 0.6) is 23.0 Å². The smallest absolute Gasteiger partial charge is 0.336 e. The Morgan fingerprint density at radius 3 is 2.39 bits per heavy atom. The molecule has 0 unspecified atom stereocenters. The maximum absolute atomic E-state index is 11.3. The molecule has 0 spiro atoms. The largest absolute Gasteiger partial charge is 0.492 e. The molecule has 2 aromatic rings. The summed E-state index contributed by atoms with van der Waals surface area (Å²) in [5, 5.41) is 0.596. The van der Waals surface area contributed by atoms with Crippen molar-refractivity contribution in [3.8, 4) is 23.0 Å². The maximum Gasteiger partial charge on any atom is 0.336 e. The number of ether oxygens (including phenoxy) is 4. The molecular formula is C12H10O6. The highest BCUT2D eigenvalue weighted by Crippen LogP contribution is 2.52. The van der Waals surface area contributed by atoms with E-state index in [2.05, 4.69) is 0 Å². The van der Waals surface area contributed by atoms with Gasteiger partial charge >= 0.3 is 5.63 Å². The minimum absolute atomic E-state index is 0.0720. The molecule has 0 atom stereocenters. The van der Waals surface area contributed by atoms with E-state index in [-0.39, 0.29) is 12.4 Å². The lowest BCUT2D eigenvalue weighted by molar-refractivity contribution is 0.169. The lowest BCUT2D eigenvalue weighted by atomic mass is 10.1. The predicted octanol–water partition coefficient (Wildman–Crippen LogP) is 1.54. The summed E-state index contributed by atoms with van der Waals surface area (Å²) in [5.41, 5.74) is -0.187. The molecule has 0 saturated carbocycles. The Kier molecular flexibility index (Phi) is 2.29. The Hall–Kier alpha value is -2.37. The number of methoxy groups -OCH3 is 2. The number of benzene rings is 1. The predicted molar refractivity (Wildman–Crippen MR) is 61.7 cm³/mol. The van der Waals surface area contributed by atoms with Crippen molar-refractivity contribution < 1.29 is 23.4 Å². The van der Waals surface area contributed by atoms with Crippen LogP contribution in [0.4, 0.5) is 0 Å². The number of hydrogen-bond donors (Lipinski definition) is 0. The minimum atomic E-state index is -0.471. The lowest BCUT2D eigenvalue weighted by Crippen LogP contribution is -1.98. The van der Waals surface area contributed by atoms with Gasteiger partial charge in [0.15, 0.2) is 11.3 Å². The van der Waals surface area contributed by atoms with Crippen LogP contribution in [0.25, 0.3) is 11.0 Å². The number of fused-ring (bicyclic) bond motifs is 2. The second kappa shape index (κ2) is 3.83. The van der Waals surface area contributed by atoms with Crippen LogP contribution in [-0.2, 0) is 0 Å². The Morgan fingerprint density at radius 2 is 1.72 bits per heavy atom. The van der Waals surface area contributed by atoms with E-state index in [9.17, 15) is 4.79 Å². The van der Waals surface area contributed by atoms with Crippen LogP contribution in [-0.4, -0.2) is 21.0 Å². The zero-order valence-corrected chi connectivity index (χ0v) is 9.81. The summed E-state index contributed by atoms with van der Waals surface area (Å²) in [7, 11) is 2.98. The second-order valence-electron chi connectivity index (χ2n) is 3.63. The van der Waals surface area contributed by atoms with Crippen molar-refractivity contribution in [2.45, 2.75) is 0 Å². The monoisotopic (exact) mass is 250 g/mol. The molecule has 18 heavy (non-hydrogen) atoms. The molecule has 1 aliphatic heterocycles. The molecule has 2 heterocycles. The highest BCUT2D eigenvalue weighted by molar-refractivity contribution is 5.95. The third-order valence-corrected chi connectivity index (χ3v) is 2.72. The summed E-state index contributed by atoms with van der Waals surface area (Å²) in [6.45, 7) is 0.0720. The Balaban J connectivity index is 2.50. The van der Waals surface area contributed by atoms with Crippen LogP contribution in [0, 0.1) is 0 Å². The van der Waals surface area contributed by atoms with Gasteiger partial charge in [-0.25, -0.2) is 4.79 Å². The van der Waals surface area contributed by atoms with E-state index in [0.29, 0.717) is 28.4 Å². The molecule has 1 aromatic heterocycles. The molecule has 6 heteroatoms. The van der Waals surface area contributed by atoms with Gasteiger partial charge < -0.3 is 23.4 Å². The quantitative estimate of drug-likeness (QED) is 0.753. The van der Waals surface area contributed by atoms with Gasteiger partial charge in [0.1, 0.15) is 0 Å². The summed E-state index contributed by atoms with van der Waals surface area (Å²) in [4.78, 5) is 11.3. The summed E-state index contributed by atoms with van der Waals surface area (Å²) >= 11 is 0. The molecule has 0 fully saturated rings. The van der Waals surface area contributed by atoms with E-state index in [4.69, 9.17) is 23.4 Å². The lowest BCUT2D eigenvalue weighted by Gasteiger charge is -2.11. The van der Waals surface area contributed by atoms with Gasteiger partial charge in [0.05, 0.1) is 19.6 Å². The van der Waals surface area contributed by atoms with Gasteiger partial charge in [-0.3, -0.25) is 0 Å². The zero-order valence-electron chi connectivity index (χ0n) is 9.81. The van der Waals surface area contributed by atoms with Gasteiger partial charge in [-0.15, -0.1) is 0 Å². The molecular weight excluding hydrogens is 240 g/mol. The van der Waals surface area contributed by atoms with Crippen molar-refractivity contribution in [3.63, 3.8) is 0 Å². The minimum Gasteiger partial charge on any atom is -0.492 e. The molecule has 6 nitrogen and oxygen atoms in total. The normalized spacial score (nSPS) is 12.8. The van der Waals surface area contributed by atoms with Crippen molar-refractivity contribution in [2.24, 2.45) is 0 Å². The van der Waals surface area contributed by atoms with Crippen LogP contribution in [0.3, 0.4) is 0 Å². The van der Waals surface area contributed by atoms with Gasteiger partial charge in [0.2, 0.25) is 24.0 Å². The first kappa shape index (κ1) is 10.8. The van der Waals surface area contributed by atoms with Gasteiger partial charge in [0, 0.05) is 6.07 Å².